The summed E-state index contributed by atoms with van der Waals surface area (Å²) in [6.07, 6.45) is 0.878. The smallest absolute Gasteiger partial charge is 0.251 e. The van der Waals surface area contributed by atoms with E-state index in [0.717, 1.165) is 11.1 Å². The summed E-state index contributed by atoms with van der Waals surface area (Å²) in [5.41, 5.74) is 2.67. The number of carbonyl (C=O) groups is 2. The predicted octanol–water partition coefficient (Wildman–Crippen LogP) is 2.07. The highest BCUT2D eigenvalue weighted by atomic mass is 16.3. The van der Waals surface area contributed by atoms with Crippen molar-refractivity contribution >= 4 is 11.8 Å². The largest absolute Gasteiger partial charge is 0.393 e. The molecule has 2 amide bonds. The van der Waals surface area contributed by atoms with Crippen molar-refractivity contribution in [3.8, 4) is 11.1 Å². The highest BCUT2D eigenvalue weighted by Crippen LogP contribution is 2.19. The van der Waals surface area contributed by atoms with Gasteiger partial charge in [0, 0.05) is 18.7 Å². The van der Waals surface area contributed by atoms with Crippen molar-refractivity contribution in [1.29, 1.82) is 0 Å². The minimum Gasteiger partial charge on any atom is -0.393 e. The van der Waals surface area contributed by atoms with Gasteiger partial charge in [-0.2, -0.15) is 0 Å². The van der Waals surface area contributed by atoms with Gasteiger partial charge in [-0.05, 0) is 36.1 Å². The van der Waals surface area contributed by atoms with Crippen LogP contribution in [-0.2, 0) is 4.79 Å². The molecule has 0 aliphatic carbocycles. The molecular formula is C20H22N2O3. The average Bonchev–Trinajstić information content (AvgIpc) is 2.67. The summed E-state index contributed by atoms with van der Waals surface area (Å²) >= 11 is 0. The number of amides is 2. The van der Waals surface area contributed by atoms with E-state index < -0.39 is 0 Å². The van der Waals surface area contributed by atoms with Gasteiger partial charge in [-0.25, -0.2) is 0 Å². The minimum absolute atomic E-state index is 0.0185. The van der Waals surface area contributed by atoms with Gasteiger partial charge < -0.3 is 15.3 Å². The van der Waals surface area contributed by atoms with Crippen molar-refractivity contribution in [3.05, 3.63) is 60.2 Å². The Morgan fingerprint density at radius 1 is 0.960 bits per heavy atom. The SMILES string of the molecule is O=C(NCC(=O)N1CCC(O)CC1)c1ccc(-c2ccccc2)cc1. The topological polar surface area (TPSA) is 69.6 Å². The molecule has 0 unspecified atom stereocenters. The summed E-state index contributed by atoms with van der Waals surface area (Å²) in [5.74, 6) is -0.369. The van der Waals surface area contributed by atoms with Crippen molar-refractivity contribution in [2.75, 3.05) is 19.6 Å². The first-order valence-corrected chi connectivity index (χ1v) is 8.53. The van der Waals surface area contributed by atoms with Crippen LogP contribution in [0.3, 0.4) is 0 Å². The number of piperidine rings is 1. The quantitative estimate of drug-likeness (QED) is 0.897. The van der Waals surface area contributed by atoms with Gasteiger partial charge in [0.25, 0.3) is 5.91 Å². The number of nitrogens with zero attached hydrogens (tertiary/aromatic N) is 1. The summed E-state index contributed by atoms with van der Waals surface area (Å²) in [4.78, 5) is 26.0. The summed E-state index contributed by atoms with van der Waals surface area (Å²) in [6.45, 7) is 1.07. The van der Waals surface area contributed by atoms with E-state index in [2.05, 4.69) is 5.32 Å². The number of benzene rings is 2. The summed E-state index contributed by atoms with van der Waals surface area (Å²) in [6, 6.07) is 17.3. The van der Waals surface area contributed by atoms with Crippen molar-refractivity contribution in [3.63, 3.8) is 0 Å². The molecule has 25 heavy (non-hydrogen) atoms. The Labute approximate surface area is 147 Å². The van der Waals surface area contributed by atoms with Crippen molar-refractivity contribution in [2.45, 2.75) is 18.9 Å². The number of likely N-dealkylation sites (tertiary alicyclic amines) is 1. The van der Waals surface area contributed by atoms with Crippen LogP contribution in [0.4, 0.5) is 0 Å². The molecule has 2 aromatic carbocycles. The maximum atomic E-state index is 12.2. The molecule has 1 aliphatic heterocycles. The van der Waals surface area contributed by atoms with Crippen molar-refractivity contribution in [2.24, 2.45) is 0 Å². The minimum atomic E-state index is -0.318. The lowest BCUT2D eigenvalue weighted by molar-refractivity contribution is -0.132. The molecule has 0 atom stereocenters. The molecule has 1 fully saturated rings. The molecule has 0 bridgehead atoms. The van der Waals surface area contributed by atoms with E-state index in [1.807, 2.05) is 42.5 Å². The van der Waals surface area contributed by atoms with Gasteiger partial charge in [-0.15, -0.1) is 0 Å². The fourth-order valence-electron chi connectivity index (χ4n) is 2.93. The average molecular weight is 338 g/mol. The van der Waals surface area contributed by atoms with E-state index in [9.17, 15) is 14.7 Å². The molecule has 2 N–H and O–H groups in total. The fourth-order valence-corrected chi connectivity index (χ4v) is 2.93. The Balaban J connectivity index is 1.54. The van der Waals surface area contributed by atoms with Gasteiger partial charge in [-0.3, -0.25) is 9.59 Å². The van der Waals surface area contributed by atoms with Gasteiger partial charge in [-0.1, -0.05) is 42.5 Å². The van der Waals surface area contributed by atoms with Crippen LogP contribution in [-0.4, -0.2) is 47.6 Å². The summed E-state index contributed by atoms with van der Waals surface area (Å²) in [7, 11) is 0. The fraction of sp³-hybridized carbons (Fsp3) is 0.300. The first-order chi connectivity index (χ1) is 12.1. The summed E-state index contributed by atoms with van der Waals surface area (Å²) < 4.78 is 0. The lowest BCUT2D eigenvalue weighted by Gasteiger charge is -2.29. The molecule has 0 radical (unpaired) electrons. The number of carbonyl (C=O) groups excluding carboxylic acids is 2. The third-order valence-electron chi connectivity index (χ3n) is 4.47. The zero-order valence-electron chi connectivity index (χ0n) is 14.0. The zero-order valence-corrected chi connectivity index (χ0v) is 14.0. The molecule has 2 aromatic rings. The third kappa shape index (κ3) is 4.45. The van der Waals surface area contributed by atoms with Gasteiger partial charge in [0.2, 0.25) is 5.91 Å². The van der Waals surface area contributed by atoms with Gasteiger partial charge >= 0.3 is 0 Å². The van der Waals surface area contributed by atoms with E-state index in [0.29, 0.717) is 31.5 Å². The standard InChI is InChI=1S/C20H22N2O3/c23-18-10-12-22(13-11-18)19(24)14-21-20(25)17-8-6-16(7-9-17)15-4-2-1-3-5-15/h1-9,18,23H,10-14H2,(H,21,25). The molecule has 1 saturated heterocycles. The van der Waals surface area contributed by atoms with E-state index >= 15 is 0 Å². The maximum Gasteiger partial charge on any atom is 0.251 e. The number of nitrogens with one attached hydrogen (secondary N) is 1. The van der Waals surface area contributed by atoms with Crippen LogP contribution < -0.4 is 5.32 Å². The molecule has 1 heterocycles. The Morgan fingerprint density at radius 3 is 2.20 bits per heavy atom. The zero-order chi connectivity index (χ0) is 17.6. The third-order valence-corrected chi connectivity index (χ3v) is 4.47. The molecule has 5 nitrogen and oxygen atoms in total. The molecule has 5 heteroatoms. The molecule has 0 aromatic heterocycles. The second-order valence-electron chi connectivity index (χ2n) is 6.24. The number of hydrogen-bond donors (Lipinski definition) is 2. The van der Waals surface area contributed by atoms with Crippen molar-refractivity contribution in [1.82, 2.24) is 10.2 Å². The van der Waals surface area contributed by atoms with Crippen LogP contribution in [0, 0.1) is 0 Å². The number of aliphatic hydroxyl groups is 1. The van der Waals surface area contributed by atoms with Gasteiger partial charge in [0.1, 0.15) is 0 Å². The molecule has 0 saturated carbocycles. The lowest BCUT2D eigenvalue weighted by Crippen LogP contribution is -2.45. The van der Waals surface area contributed by atoms with Crippen molar-refractivity contribution < 1.29 is 14.7 Å². The summed E-state index contributed by atoms with van der Waals surface area (Å²) in [5, 5.41) is 12.1. The van der Waals surface area contributed by atoms with Crippen LogP contribution in [0.5, 0.6) is 0 Å². The van der Waals surface area contributed by atoms with Crippen LogP contribution >= 0.6 is 0 Å². The normalized spacial score (nSPS) is 15.0. The molecular weight excluding hydrogens is 316 g/mol. The Morgan fingerprint density at radius 2 is 1.56 bits per heavy atom. The first kappa shape index (κ1) is 17.2. The Bertz CT molecular complexity index is 720. The van der Waals surface area contributed by atoms with E-state index in [4.69, 9.17) is 0 Å². The Kier molecular flexibility index (Phi) is 5.46. The number of rotatable bonds is 4. The van der Waals surface area contributed by atoms with Gasteiger partial charge in [0.15, 0.2) is 0 Å². The van der Waals surface area contributed by atoms with Crippen LogP contribution in [0.25, 0.3) is 11.1 Å². The van der Waals surface area contributed by atoms with Crippen LogP contribution in [0.2, 0.25) is 0 Å². The second-order valence-corrected chi connectivity index (χ2v) is 6.24. The first-order valence-electron chi connectivity index (χ1n) is 8.53. The lowest BCUT2D eigenvalue weighted by atomic mass is 10.0. The molecule has 1 aliphatic rings. The highest BCUT2D eigenvalue weighted by molar-refractivity contribution is 5.96. The van der Waals surface area contributed by atoms with E-state index in [1.54, 1.807) is 17.0 Å². The number of hydrogen-bond acceptors (Lipinski definition) is 3. The molecule has 130 valence electrons. The predicted molar refractivity (Wildman–Crippen MR) is 96.0 cm³/mol. The van der Waals surface area contributed by atoms with Crippen LogP contribution in [0.1, 0.15) is 23.2 Å². The molecule has 0 spiro atoms. The molecule has 3 rings (SSSR count). The van der Waals surface area contributed by atoms with Gasteiger partial charge in [0.05, 0.1) is 12.6 Å². The maximum absolute atomic E-state index is 12.2. The highest BCUT2D eigenvalue weighted by Gasteiger charge is 2.21. The van der Waals surface area contributed by atoms with E-state index in [-0.39, 0.29) is 24.5 Å². The Hall–Kier alpha value is -2.66. The van der Waals surface area contributed by atoms with Crippen LogP contribution in [0.15, 0.2) is 54.6 Å². The number of aliphatic hydroxyl groups excluding tert-OH is 1. The monoisotopic (exact) mass is 338 g/mol. The van der Waals surface area contributed by atoms with E-state index in [1.165, 1.54) is 0 Å². The second kappa shape index (κ2) is 7.94.